The van der Waals surface area contributed by atoms with Crippen molar-refractivity contribution in [3.63, 3.8) is 0 Å². The molecule has 0 amide bonds. The minimum atomic E-state index is -3.47. The second-order valence-corrected chi connectivity index (χ2v) is 6.81. The molecule has 0 aromatic heterocycles. The molecular weight excluding hydrogens is 260 g/mol. The van der Waals surface area contributed by atoms with Crippen molar-refractivity contribution >= 4 is 10.1 Å². The second kappa shape index (κ2) is 4.28. The van der Waals surface area contributed by atoms with Crippen LogP contribution in [-0.4, -0.2) is 51.5 Å². The Morgan fingerprint density at radius 1 is 1.44 bits per heavy atom. The van der Waals surface area contributed by atoms with Crippen LogP contribution in [0.2, 0.25) is 0 Å². The van der Waals surface area contributed by atoms with Gasteiger partial charge < -0.3 is 14.2 Å². The Kier molecular flexibility index (Phi) is 2.98. The molecule has 0 N–H and O–H groups in total. The van der Waals surface area contributed by atoms with Gasteiger partial charge >= 0.3 is 0 Å². The molecule has 3 aliphatic rings. The molecule has 18 heavy (non-hydrogen) atoms. The second-order valence-electron chi connectivity index (χ2n) is 5.02. The fourth-order valence-corrected chi connectivity index (χ4v) is 4.41. The van der Waals surface area contributed by atoms with E-state index in [1.165, 1.54) is 0 Å². The van der Waals surface area contributed by atoms with Gasteiger partial charge in [-0.25, -0.2) is 0 Å². The van der Waals surface area contributed by atoms with Gasteiger partial charge in [-0.1, -0.05) is 12.2 Å². The van der Waals surface area contributed by atoms with Crippen LogP contribution in [0.3, 0.4) is 0 Å². The summed E-state index contributed by atoms with van der Waals surface area (Å²) in [5, 5.41) is -0.510. The van der Waals surface area contributed by atoms with E-state index < -0.39 is 21.5 Å². The van der Waals surface area contributed by atoms with E-state index >= 15 is 0 Å². The highest BCUT2D eigenvalue weighted by molar-refractivity contribution is 7.87. The molecule has 0 aliphatic carbocycles. The maximum absolute atomic E-state index is 11.6. The van der Waals surface area contributed by atoms with Gasteiger partial charge in [-0.3, -0.25) is 4.18 Å². The molecular formula is C11H16O6S. The zero-order chi connectivity index (χ0) is 12.9. The first kappa shape index (κ1) is 12.6. The number of hydrogen-bond donors (Lipinski definition) is 0. The van der Waals surface area contributed by atoms with Crippen molar-refractivity contribution in [3.8, 4) is 0 Å². The molecule has 2 bridgehead atoms. The lowest BCUT2D eigenvalue weighted by Gasteiger charge is -2.21. The highest BCUT2D eigenvalue weighted by Crippen LogP contribution is 2.47. The van der Waals surface area contributed by atoms with Gasteiger partial charge in [0.25, 0.3) is 10.1 Å². The molecule has 3 saturated heterocycles. The van der Waals surface area contributed by atoms with Gasteiger partial charge in [-0.05, 0) is 13.3 Å². The summed E-state index contributed by atoms with van der Waals surface area (Å²) < 4.78 is 44.7. The summed E-state index contributed by atoms with van der Waals surface area (Å²) in [4.78, 5) is 0. The lowest BCUT2D eigenvalue weighted by Crippen LogP contribution is -2.40. The molecule has 0 radical (unpaired) electrons. The summed E-state index contributed by atoms with van der Waals surface area (Å²) in [6.45, 7) is 6.09. The molecule has 102 valence electrons. The van der Waals surface area contributed by atoms with E-state index in [-0.39, 0.29) is 25.1 Å². The van der Waals surface area contributed by atoms with E-state index in [9.17, 15) is 8.42 Å². The first-order chi connectivity index (χ1) is 8.49. The van der Waals surface area contributed by atoms with Crippen LogP contribution >= 0.6 is 0 Å². The van der Waals surface area contributed by atoms with Gasteiger partial charge in [0.05, 0.1) is 12.7 Å². The van der Waals surface area contributed by atoms with Crippen LogP contribution in [0.4, 0.5) is 0 Å². The molecule has 6 nitrogen and oxygen atoms in total. The fourth-order valence-electron chi connectivity index (χ4n) is 2.77. The molecule has 5 atom stereocenters. The minimum Gasteiger partial charge on any atom is -0.368 e. The van der Waals surface area contributed by atoms with E-state index in [1.54, 1.807) is 0 Å². The van der Waals surface area contributed by atoms with Crippen molar-refractivity contribution in [3.05, 3.63) is 12.2 Å². The largest absolute Gasteiger partial charge is 0.368 e. The first-order valence-corrected chi connectivity index (χ1v) is 7.37. The lowest BCUT2D eigenvalue weighted by atomic mass is 9.94. The Bertz CT molecular complexity index is 458. The summed E-state index contributed by atoms with van der Waals surface area (Å²) >= 11 is 0. The SMILES string of the molecule is C=C(C)COCOC1C2CC3C(O2)C1OS3(=O)=O. The average Bonchev–Trinajstić information content (AvgIpc) is 2.86. The Morgan fingerprint density at radius 2 is 2.22 bits per heavy atom. The highest BCUT2D eigenvalue weighted by atomic mass is 32.2. The smallest absolute Gasteiger partial charge is 0.273 e. The maximum atomic E-state index is 11.6. The van der Waals surface area contributed by atoms with Gasteiger partial charge in [0.1, 0.15) is 30.4 Å². The zero-order valence-electron chi connectivity index (χ0n) is 10.1. The van der Waals surface area contributed by atoms with E-state index in [0.29, 0.717) is 13.0 Å². The summed E-state index contributed by atoms with van der Waals surface area (Å²) in [5.41, 5.74) is 0.905. The van der Waals surface area contributed by atoms with Crippen LogP contribution in [0, 0.1) is 0 Å². The average molecular weight is 276 g/mol. The van der Waals surface area contributed by atoms with Crippen LogP contribution in [-0.2, 0) is 28.5 Å². The highest BCUT2D eigenvalue weighted by Gasteiger charge is 2.66. The van der Waals surface area contributed by atoms with E-state index in [1.807, 2.05) is 6.92 Å². The van der Waals surface area contributed by atoms with Crippen molar-refractivity contribution in [2.75, 3.05) is 13.4 Å². The van der Waals surface area contributed by atoms with Crippen LogP contribution in [0.1, 0.15) is 13.3 Å². The van der Waals surface area contributed by atoms with E-state index in [0.717, 1.165) is 5.57 Å². The van der Waals surface area contributed by atoms with E-state index in [2.05, 4.69) is 6.58 Å². The molecule has 0 aromatic rings. The topological polar surface area (TPSA) is 71.1 Å². The Hall–Kier alpha value is -0.470. The number of rotatable bonds is 5. The monoisotopic (exact) mass is 276 g/mol. The van der Waals surface area contributed by atoms with Gasteiger partial charge in [0.2, 0.25) is 0 Å². The predicted octanol–water partition coefficient (Wildman–Crippen LogP) is 0.190. The van der Waals surface area contributed by atoms with Gasteiger partial charge in [0, 0.05) is 0 Å². The molecule has 3 fully saturated rings. The molecule has 7 heteroatoms. The summed E-state index contributed by atoms with van der Waals surface area (Å²) in [6, 6.07) is 0. The third-order valence-corrected chi connectivity index (χ3v) is 5.18. The van der Waals surface area contributed by atoms with Crippen molar-refractivity contribution in [1.29, 1.82) is 0 Å². The lowest BCUT2D eigenvalue weighted by molar-refractivity contribution is -0.117. The maximum Gasteiger partial charge on any atom is 0.273 e. The van der Waals surface area contributed by atoms with Crippen molar-refractivity contribution in [1.82, 2.24) is 0 Å². The summed E-state index contributed by atoms with van der Waals surface area (Å²) in [5.74, 6) is 0. The van der Waals surface area contributed by atoms with Gasteiger partial charge in [-0.2, -0.15) is 8.42 Å². The molecule has 0 saturated carbocycles. The van der Waals surface area contributed by atoms with Gasteiger partial charge in [-0.15, -0.1) is 0 Å². The molecule has 0 spiro atoms. The normalized spacial score (nSPS) is 43.5. The van der Waals surface area contributed by atoms with Gasteiger partial charge in [0.15, 0.2) is 0 Å². The quantitative estimate of drug-likeness (QED) is 0.309. The van der Waals surface area contributed by atoms with E-state index in [4.69, 9.17) is 18.4 Å². The first-order valence-electron chi connectivity index (χ1n) is 5.90. The van der Waals surface area contributed by atoms with Crippen LogP contribution in [0.5, 0.6) is 0 Å². The molecule has 0 aromatic carbocycles. The summed E-state index contributed by atoms with van der Waals surface area (Å²) in [7, 11) is -3.47. The zero-order valence-corrected chi connectivity index (χ0v) is 10.9. The molecule has 3 aliphatic heterocycles. The van der Waals surface area contributed by atoms with Crippen molar-refractivity contribution < 1.29 is 26.8 Å². The minimum absolute atomic E-state index is 0.0919. The predicted molar refractivity (Wildman–Crippen MR) is 61.4 cm³/mol. The molecule has 3 heterocycles. The summed E-state index contributed by atoms with van der Waals surface area (Å²) in [6.07, 6.45) is -0.975. The third kappa shape index (κ3) is 1.90. The number of fused-ring (bicyclic) bond motifs is 1. The Morgan fingerprint density at radius 3 is 2.94 bits per heavy atom. The third-order valence-electron chi connectivity index (χ3n) is 3.49. The van der Waals surface area contributed by atoms with Crippen molar-refractivity contribution in [2.24, 2.45) is 0 Å². The number of hydrogen-bond acceptors (Lipinski definition) is 6. The molecule has 3 rings (SSSR count). The van der Waals surface area contributed by atoms with Crippen LogP contribution in [0.15, 0.2) is 12.2 Å². The molecule has 5 unspecified atom stereocenters. The standard InChI is InChI=1S/C11H16O6S/c1-6(2)4-14-5-15-9-7-3-8-10(16-7)11(9)17-18(8,12)13/h7-11H,1,3-5H2,2H3. The fraction of sp³-hybridized carbons (Fsp3) is 0.818. The Labute approximate surface area is 106 Å². The van der Waals surface area contributed by atoms with Crippen molar-refractivity contribution in [2.45, 2.75) is 43.0 Å². The Balaban J connectivity index is 1.58. The van der Waals surface area contributed by atoms with Crippen LogP contribution in [0.25, 0.3) is 0 Å². The number of ether oxygens (including phenoxy) is 3. The van der Waals surface area contributed by atoms with Crippen LogP contribution < -0.4 is 0 Å².